The lowest BCUT2D eigenvalue weighted by molar-refractivity contribution is -0.113. The van der Waals surface area contributed by atoms with Gasteiger partial charge < -0.3 is 5.32 Å². The number of thiocyanates is 1. The number of hydrogen-bond donors (Lipinski definition) is 1. The van der Waals surface area contributed by atoms with Gasteiger partial charge in [-0.1, -0.05) is 17.8 Å². The zero-order chi connectivity index (χ0) is 15.1. The largest absolute Gasteiger partial charge is 0.324 e. The molecule has 0 aliphatic rings. The summed E-state index contributed by atoms with van der Waals surface area (Å²) >= 11 is 5.84. The van der Waals surface area contributed by atoms with Crippen LogP contribution in [-0.4, -0.2) is 16.6 Å². The van der Waals surface area contributed by atoms with Crippen LogP contribution in [0.5, 0.6) is 0 Å². The fraction of sp³-hybridized carbons (Fsp3) is 0.0714. The lowest BCUT2D eigenvalue weighted by atomic mass is 10.3. The maximum atomic E-state index is 11.9. The summed E-state index contributed by atoms with van der Waals surface area (Å²) in [6.45, 7) is 0. The molecule has 1 N–H and O–H groups in total. The van der Waals surface area contributed by atoms with Crippen LogP contribution in [0.3, 0.4) is 0 Å². The number of thioether (sulfide) groups is 2. The lowest BCUT2D eigenvalue weighted by Gasteiger charge is -2.08. The van der Waals surface area contributed by atoms with Gasteiger partial charge in [0.05, 0.1) is 16.5 Å². The van der Waals surface area contributed by atoms with E-state index in [-0.39, 0.29) is 11.7 Å². The summed E-state index contributed by atoms with van der Waals surface area (Å²) in [4.78, 5) is 16.9. The Kier molecular flexibility index (Phi) is 6.11. The Labute approximate surface area is 139 Å². The van der Waals surface area contributed by atoms with Gasteiger partial charge in [0.15, 0.2) is 0 Å². The first-order chi connectivity index (χ1) is 10.2. The van der Waals surface area contributed by atoms with E-state index in [0.717, 1.165) is 26.2 Å². The molecule has 21 heavy (non-hydrogen) atoms. The second-order valence-corrected chi connectivity index (χ2v) is 6.55. The number of benzene rings is 1. The first-order valence-electron chi connectivity index (χ1n) is 5.88. The van der Waals surface area contributed by atoms with Crippen LogP contribution >= 0.6 is 39.5 Å². The Bertz CT molecular complexity index is 674. The van der Waals surface area contributed by atoms with Gasteiger partial charge in [0.2, 0.25) is 5.91 Å². The van der Waals surface area contributed by atoms with Gasteiger partial charge in [-0.05, 0) is 58.0 Å². The Morgan fingerprint density at radius 3 is 2.90 bits per heavy atom. The summed E-state index contributed by atoms with van der Waals surface area (Å²) in [5.74, 6) is 0.185. The zero-order valence-corrected chi connectivity index (χ0v) is 14.0. The molecule has 1 heterocycles. The van der Waals surface area contributed by atoms with E-state index in [0.29, 0.717) is 5.69 Å². The van der Waals surface area contributed by atoms with Crippen LogP contribution in [0.2, 0.25) is 0 Å². The van der Waals surface area contributed by atoms with E-state index in [4.69, 9.17) is 5.26 Å². The third kappa shape index (κ3) is 5.08. The predicted molar refractivity (Wildman–Crippen MR) is 89.2 cm³/mol. The van der Waals surface area contributed by atoms with Crippen LogP contribution in [0.15, 0.2) is 57.0 Å². The first-order valence-corrected chi connectivity index (χ1v) is 8.47. The number of carbonyl (C=O) groups excluding carboxylic acids is 1. The van der Waals surface area contributed by atoms with Gasteiger partial charge in [-0.3, -0.25) is 4.79 Å². The minimum absolute atomic E-state index is 0.105. The number of hydrogen-bond acceptors (Lipinski definition) is 5. The topological polar surface area (TPSA) is 65.8 Å². The monoisotopic (exact) mass is 379 g/mol. The third-order valence-electron chi connectivity index (χ3n) is 2.37. The molecule has 0 bridgehead atoms. The number of aromatic nitrogens is 1. The van der Waals surface area contributed by atoms with Crippen molar-refractivity contribution in [2.24, 2.45) is 0 Å². The van der Waals surface area contributed by atoms with Gasteiger partial charge in [0.1, 0.15) is 5.40 Å². The van der Waals surface area contributed by atoms with Gasteiger partial charge >= 0.3 is 0 Å². The second kappa shape index (κ2) is 8.08. The molecule has 2 aromatic rings. The van der Waals surface area contributed by atoms with Gasteiger partial charge in [-0.2, -0.15) is 5.26 Å². The highest BCUT2D eigenvalue weighted by atomic mass is 79.9. The Balaban J connectivity index is 1.92. The molecule has 7 heteroatoms. The van der Waals surface area contributed by atoms with Crippen molar-refractivity contribution in [3.8, 4) is 5.40 Å². The predicted octanol–water partition coefficient (Wildman–Crippen LogP) is 4.15. The summed E-state index contributed by atoms with van der Waals surface area (Å²) < 4.78 is 0.749. The van der Waals surface area contributed by atoms with Crippen molar-refractivity contribution >= 4 is 51.0 Å². The van der Waals surface area contributed by atoms with Gasteiger partial charge in [-0.15, -0.1) is 0 Å². The van der Waals surface area contributed by atoms with Gasteiger partial charge in [0.25, 0.3) is 0 Å². The average Bonchev–Trinajstić information content (AvgIpc) is 2.49. The van der Waals surface area contributed by atoms with Crippen LogP contribution < -0.4 is 5.32 Å². The fourth-order valence-electron chi connectivity index (χ4n) is 1.47. The van der Waals surface area contributed by atoms with Crippen LogP contribution in [-0.2, 0) is 4.79 Å². The van der Waals surface area contributed by atoms with Crippen molar-refractivity contribution in [1.29, 1.82) is 5.26 Å². The number of rotatable bonds is 5. The van der Waals surface area contributed by atoms with E-state index in [1.54, 1.807) is 24.4 Å². The summed E-state index contributed by atoms with van der Waals surface area (Å²) in [5.41, 5.74) is 0.684. The normalized spacial score (nSPS) is 9.90. The number of nitrogens with one attached hydrogen (secondary N) is 1. The number of nitrogens with zero attached hydrogens (tertiary/aromatic N) is 2. The number of carbonyl (C=O) groups is 1. The molecule has 4 nitrogen and oxygen atoms in total. The van der Waals surface area contributed by atoms with Crippen molar-refractivity contribution < 1.29 is 4.79 Å². The summed E-state index contributed by atoms with van der Waals surface area (Å²) in [6.07, 6.45) is 1.70. The second-order valence-electron chi connectivity index (χ2n) is 3.84. The fourth-order valence-corrected chi connectivity index (χ4v) is 3.18. The SMILES string of the molecule is N#CSc1ccc(NC(=O)CSc2ccccn2)c(Br)c1. The Hall–Kier alpha value is -1.49. The van der Waals surface area contributed by atoms with Gasteiger partial charge in [-0.25, -0.2) is 4.98 Å². The summed E-state index contributed by atoms with van der Waals surface area (Å²) in [6, 6.07) is 10.9. The molecule has 0 aliphatic carbocycles. The molecule has 0 radical (unpaired) electrons. The number of anilines is 1. The summed E-state index contributed by atoms with van der Waals surface area (Å²) in [7, 11) is 0. The highest BCUT2D eigenvalue weighted by molar-refractivity contribution is 9.10. The molecule has 0 fully saturated rings. The van der Waals surface area contributed by atoms with E-state index >= 15 is 0 Å². The van der Waals surface area contributed by atoms with Crippen LogP contribution in [0.1, 0.15) is 0 Å². The van der Waals surface area contributed by atoms with Crippen molar-refractivity contribution in [1.82, 2.24) is 4.98 Å². The molecule has 106 valence electrons. The third-order valence-corrected chi connectivity index (χ3v) is 4.55. The number of amides is 1. The molecule has 0 spiro atoms. The van der Waals surface area contributed by atoms with Crippen molar-refractivity contribution in [3.63, 3.8) is 0 Å². The van der Waals surface area contributed by atoms with E-state index in [1.165, 1.54) is 11.8 Å². The standard InChI is InChI=1S/C14H10BrN3OS2/c15-11-7-10(21-9-16)4-5-12(11)18-13(19)8-20-14-3-1-2-6-17-14/h1-7H,8H2,(H,18,19). The minimum Gasteiger partial charge on any atom is -0.324 e. The molecule has 0 saturated carbocycles. The average molecular weight is 380 g/mol. The molecular formula is C14H10BrN3OS2. The maximum Gasteiger partial charge on any atom is 0.234 e. The molecule has 0 unspecified atom stereocenters. The van der Waals surface area contributed by atoms with Crippen LogP contribution in [0, 0.1) is 10.7 Å². The quantitative estimate of drug-likeness (QED) is 0.624. The lowest BCUT2D eigenvalue weighted by Crippen LogP contribution is -2.14. The molecule has 2 rings (SSSR count). The van der Waals surface area contributed by atoms with Gasteiger partial charge in [0, 0.05) is 15.6 Å². The van der Waals surface area contributed by atoms with E-state index in [2.05, 4.69) is 26.2 Å². The molecule has 1 aromatic heterocycles. The van der Waals surface area contributed by atoms with E-state index in [1.807, 2.05) is 23.6 Å². The maximum absolute atomic E-state index is 11.9. The number of pyridine rings is 1. The number of halogens is 1. The van der Waals surface area contributed by atoms with Crippen LogP contribution in [0.4, 0.5) is 5.69 Å². The first kappa shape index (κ1) is 15.9. The van der Waals surface area contributed by atoms with E-state index in [9.17, 15) is 4.79 Å². The molecular weight excluding hydrogens is 370 g/mol. The Morgan fingerprint density at radius 1 is 1.38 bits per heavy atom. The molecule has 1 amide bonds. The smallest absolute Gasteiger partial charge is 0.234 e. The minimum atomic E-state index is -0.105. The zero-order valence-electron chi connectivity index (χ0n) is 10.7. The highest BCUT2D eigenvalue weighted by Crippen LogP contribution is 2.28. The molecule has 0 saturated heterocycles. The highest BCUT2D eigenvalue weighted by Gasteiger charge is 2.07. The Morgan fingerprint density at radius 2 is 2.24 bits per heavy atom. The number of nitriles is 1. The van der Waals surface area contributed by atoms with E-state index < -0.39 is 0 Å². The molecule has 1 aromatic carbocycles. The van der Waals surface area contributed by atoms with Crippen molar-refractivity contribution in [3.05, 3.63) is 47.1 Å². The molecule has 0 atom stereocenters. The summed E-state index contributed by atoms with van der Waals surface area (Å²) in [5, 5.41) is 14.3. The van der Waals surface area contributed by atoms with Crippen molar-refractivity contribution in [2.45, 2.75) is 9.92 Å². The van der Waals surface area contributed by atoms with Crippen LogP contribution in [0.25, 0.3) is 0 Å². The molecule has 0 aliphatic heterocycles. The van der Waals surface area contributed by atoms with Crippen molar-refractivity contribution in [2.75, 3.05) is 11.1 Å².